The number of hydrogen-bond acceptors (Lipinski definition) is 2. The van der Waals surface area contributed by atoms with Crippen LogP contribution in [0.2, 0.25) is 5.02 Å². The monoisotopic (exact) mass is 324 g/mol. The fourth-order valence-electron chi connectivity index (χ4n) is 2.71. The second-order valence-electron chi connectivity index (χ2n) is 5.75. The van der Waals surface area contributed by atoms with Crippen LogP contribution in [0.15, 0.2) is 42.5 Å². The Bertz CT molecular complexity index is 901. The molecule has 1 heterocycles. The van der Waals surface area contributed by atoms with Gasteiger partial charge in [-0.15, -0.1) is 0 Å². The molecule has 116 valence electrons. The average Bonchev–Trinajstić information content (AvgIpc) is 2.49. The molecule has 0 bridgehead atoms. The van der Waals surface area contributed by atoms with Crippen LogP contribution >= 0.6 is 11.6 Å². The lowest BCUT2D eigenvalue weighted by atomic mass is 10.0. The van der Waals surface area contributed by atoms with Gasteiger partial charge < -0.3 is 5.32 Å². The van der Waals surface area contributed by atoms with Crippen molar-refractivity contribution in [1.82, 2.24) is 4.98 Å². The van der Waals surface area contributed by atoms with Gasteiger partial charge in [0, 0.05) is 21.7 Å². The van der Waals surface area contributed by atoms with Crippen LogP contribution < -0.4 is 5.32 Å². The van der Waals surface area contributed by atoms with Gasteiger partial charge in [0.1, 0.15) is 0 Å². The van der Waals surface area contributed by atoms with Crippen LogP contribution in [-0.2, 0) is 0 Å². The van der Waals surface area contributed by atoms with Crippen LogP contribution in [0.25, 0.3) is 10.9 Å². The van der Waals surface area contributed by atoms with Gasteiger partial charge in [-0.3, -0.25) is 9.78 Å². The number of nitrogens with zero attached hydrogens (tertiary/aromatic N) is 1. The van der Waals surface area contributed by atoms with E-state index in [9.17, 15) is 4.79 Å². The van der Waals surface area contributed by atoms with E-state index in [0.717, 1.165) is 33.4 Å². The number of anilines is 1. The Labute approximate surface area is 140 Å². The van der Waals surface area contributed by atoms with Crippen molar-refractivity contribution in [2.75, 3.05) is 5.32 Å². The number of amides is 1. The topological polar surface area (TPSA) is 42.0 Å². The third-order valence-electron chi connectivity index (χ3n) is 3.73. The summed E-state index contributed by atoms with van der Waals surface area (Å²) in [6.07, 6.45) is 0. The van der Waals surface area contributed by atoms with Crippen molar-refractivity contribution in [3.05, 3.63) is 69.9 Å². The van der Waals surface area contributed by atoms with Crippen LogP contribution in [0.1, 0.15) is 27.2 Å². The third-order valence-corrected chi connectivity index (χ3v) is 3.98. The predicted octanol–water partition coefficient (Wildman–Crippen LogP) is 5.07. The van der Waals surface area contributed by atoms with Crippen molar-refractivity contribution in [1.29, 1.82) is 0 Å². The van der Waals surface area contributed by atoms with Gasteiger partial charge in [-0.1, -0.05) is 23.2 Å². The number of halogens is 1. The number of aromatic nitrogens is 1. The molecule has 0 aliphatic heterocycles. The van der Waals surface area contributed by atoms with Crippen molar-refractivity contribution in [3.8, 4) is 0 Å². The van der Waals surface area contributed by atoms with E-state index in [1.54, 1.807) is 24.3 Å². The minimum atomic E-state index is -0.160. The molecule has 1 aromatic heterocycles. The number of pyridine rings is 1. The highest BCUT2D eigenvalue weighted by Gasteiger charge is 2.11. The first-order valence-corrected chi connectivity index (χ1v) is 7.77. The van der Waals surface area contributed by atoms with Gasteiger partial charge in [-0.25, -0.2) is 0 Å². The first-order valence-electron chi connectivity index (χ1n) is 7.39. The summed E-state index contributed by atoms with van der Waals surface area (Å²) >= 11 is 5.87. The highest BCUT2D eigenvalue weighted by atomic mass is 35.5. The number of benzene rings is 2. The normalized spacial score (nSPS) is 10.8. The highest BCUT2D eigenvalue weighted by molar-refractivity contribution is 6.30. The Morgan fingerprint density at radius 1 is 1.04 bits per heavy atom. The van der Waals surface area contributed by atoms with Gasteiger partial charge in [-0.05, 0) is 62.7 Å². The molecule has 2 aromatic carbocycles. The molecule has 0 saturated carbocycles. The molecule has 3 rings (SSSR count). The summed E-state index contributed by atoms with van der Waals surface area (Å²) in [6.45, 7) is 6.00. The van der Waals surface area contributed by atoms with E-state index in [4.69, 9.17) is 11.6 Å². The lowest BCUT2D eigenvalue weighted by Gasteiger charge is -2.12. The van der Waals surface area contributed by atoms with E-state index < -0.39 is 0 Å². The maximum atomic E-state index is 12.5. The van der Waals surface area contributed by atoms with Crippen LogP contribution in [0.5, 0.6) is 0 Å². The number of carbonyl (C=O) groups excluding carboxylic acids is 1. The molecular formula is C19H17ClN2O. The Kier molecular flexibility index (Phi) is 4.05. The summed E-state index contributed by atoms with van der Waals surface area (Å²) in [5.74, 6) is -0.160. The fourth-order valence-corrected chi connectivity index (χ4v) is 2.83. The molecular weight excluding hydrogens is 308 g/mol. The molecule has 0 aliphatic carbocycles. The van der Waals surface area contributed by atoms with Gasteiger partial charge in [0.2, 0.25) is 0 Å². The zero-order valence-corrected chi connectivity index (χ0v) is 14.0. The molecule has 0 saturated heterocycles. The minimum Gasteiger partial charge on any atom is -0.321 e. The van der Waals surface area contributed by atoms with E-state index in [1.165, 1.54) is 0 Å². The molecule has 0 aliphatic rings. The molecule has 1 N–H and O–H groups in total. The molecule has 23 heavy (non-hydrogen) atoms. The van der Waals surface area contributed by atoms with Crippen molar-refractivity contribution in [2.45, 2.75) is 20.8 Å². The lowest BCUT2D eigenvalue weighted by Crippen LogP contribution is -2.12. The van der Waals surface area contributed by atoms with Crippen molar-refractivity contribution >= 4 is 34.1 Å². The van der Waals surface area contributed by atoms with E-state index in [1.807, 2.05) is 32.9 Å². The number of fused-ring (bicyclic) bond motifs is 1. The standard InChI is InChI=1S/C19H17ClN2O/c1-11-8-12(2)18-16(9-11)17(10-13(3)21-18)22-19(23)14-4-6-15(20)7-5-14/h4-10H,1-3H3,(H,21,22,23). The summed E-state index contributed by atoms with van der Waals surface area (Å²) < 4.78 is 0. The first-order chi connectivity index (χ1) is 10.9. The molecule has 0 radical (unpaired) electrons. The molecule has 0 spiro atoms. The van der Waals surface area contributed by atoms with Gasteiger partial charge in [0.05, 0.1) is 11.2 Å². The van der Waals surface area contributed by atoms with Gasteiger partial charge in [0.25, 0.3) is 5.91 Å². The van der Waals surface area contributed by atoms with Gasteiger partial charge >= 0.3 is 0 Å². The summed E-state index contributed by atoms with van der Waals surface area (Å²) in [5.41, 5.74) is 5.38. The predicted molar refractivity (Wildman–Crippen MR) is 95.4 cm³/mol. The van der Waals surface area contributed by atoms with Crippen LogP contribution in [0.3, 0.4) is 0 Å². The van der Waals surface area contributed by atoms with Gasteiger partial charge in [-0.2, -0.15) is 0 Å². The summed E-state index contributed by atoms with van der Waals surface area (Å²) in [4.78, 5) is 17.1. The molecule has 0 unspecified atom stereocenters. The third kappa shape index (κ3) is 3.20. The average molecular weight is 325 g/mol. The molecule has 0 fully saturated rings. The largest absolute Gasteiger partial charge is 0.321 e. The summed E-state index contributed by atoms with van der Waals surface area (Å²) in [5, 5.41) is 4.56. The Morgan fingerprint density at radius 3 is 2.43 bits per heavy atom. The maximum absolute atomic E-state index is 12.5. The zero-order chi connectivity index (χ0) is 16.6. The van der Waals surface area contributed by atoms with Gasteiger partial charge in [0.15, 0.2) is 0 Å². The summed E-state index contributed by atoms with van der Waals surface area (Å²) in [6, 6.07) is 12.9. The second-order valence-corrected chi connectivity index (χ2v) is 6.19. The van der Waals surface area contributed by atoms with Crippen LogP contribution in [-0.4, -0.2) is 10.9 Å². The molecule has 0 atom stereocenters. The van der Waals surface area contributed by atoms with Crippen molar-refractivity contribution in [2.24, 2.45) is 0 Å². The number of aryl methyl sites for hydroxylation is 3. The first kappa shape index (κ1) is 15.5. The minimum absolute atomic E-state index is 0.160. The number of carbonyl (C=O) groups is 1. The van der Waals surface area contributed by atoms with E-state index >= 15 is 0 Å². The van der Waals surface area contributed by atoms with Crippen molar-refractivity contribution < 1.29 is 4.79 Å². The van der Waals surface area contributed by atoms with Crippen molar-refractivity contribution in [3.63, 3.8) is 0 Å². The Balaban J connectivity index is 2.05. The van der Waals surface area contributed by atoms with E-state index in [0.29, 0.717) is 10.6 Å². The smallest absolute Gasteiger partial charge is 0.255 e. The summed E-state index contributed by atoms with van der Waals surface area (Å²) in [7, 11) is 0. The number of nitrogens with one attached hydrogen (secondary N) is 1. The molecule has 1 amide bonds. The fraction of sp³-hybridized carbons (Fsp3) is 0.158. The lowest BCUT2D eigenvalue weighted by molar-refractivity contribution is 0.102. The van der Waals surface area contributed by atoms with E-state index in [-0.39, 0.29) is 5.91 Å². The zero-order valence-electron chi connectivity index (χ0n) is 13.3. The molecule has 4 heteroatoms. The van der Waals surface area contributed by atoms with Crippen LogP contribution in [0, 0.1) is 20.8 Å². The quantitative estimate of drug-likeness (QED) is 0.715. The van der Waals surface area contributed by atoms with E-state index in [2.05, 4.69) is 16.4 Å². The second kappa shape index (κ2) is 6.01. The Morgan fingerprint density at radius 2 is 1.74 bits per heavy atom. The Hall–Kier alpha value is -2.39. The molecule has 3 nitrogen and oxygen atoms in total. The number of rotatable bonds is 2. The molecule has 3 aromatic rings. The van der Waals surface area contributed by atoms with Crippen LogP contribution in [0.4, 0.5) is 5.69 Å². The maximum Gasteiger partial charge on any atom is 0.255 e. The number of hydrogen-bond donors (Lipinski definition) is 1. The SMILES string of the molecule is Cc1cc(C)c2nc(C)cc(NC(=O)c3ccc(Cl)cc3)c2c1. The highest BCUT2D eigenvalue weighted by Crippen LogP contribution is 2.27.